The molecule has 3 aromatic rings. The molecule has 2 aromatic carbocycles. The number of hydrogen-bond donors (Lipinski definition) is 4. The number of carboxylic acid groups (broad SMARTS) is 1. The van der Waals surface area contributed by atoms with E-state index in [2.05, 4.69) is 10.3 Å². The van der Waals surface area contributed by atoms with Crippen LogP contribution in [0.25, 0.3) is 10.9 Å². The number of amides is 2. The Hall–Kier alpha value is -3.65. The summed E-state index contributed by atoms with van der Waals surface area (Å²) in [5, 5.41) is 11.6. The van der Waals surface area contributed by atoms with Crippen molar-refractivity contribution in [1.29, 1.82) is 0 Å². The van der Waals surface area contributed by atoms with Gasteiger partial charge in [-0.3, -0.25) is 14.4 Å². The number of rotatable bonds is 11. The summed E-state index contributed by atoms with van der Waals surface area (Å²) >= 11 is 6.27. The molecule has 39 heavy (non-hydrogen) atoms. The third-order valence-electron chi connectivity index (χ3n) is 6.02. The molecular weight excluding hydrogens is 552 g/mol. The van der Waals surface area contributed by atoms with E-state index in [4.69, 9.17) is 31.9 Å². The van der Waals surface area contributed by atoms with Crippen molar-refractivity contribution in [2.75, 3.05) is 31.6 Å². The molecule has 5 N–H and O–H groups in total. The average molecular weight is 579 g/mol. The van der Waals surface area contributed by atoms with E-state index < -0.39 is 33.9 Å². The monoisotopic (exact) mass is 578 g/mol. The SMILES string of the molecule is NC(=O)c1[nH]c2c(NC(=O)CCCC(=O)O)cc(Cl)cc2c1S(=O)(=O)N1CCOC(COc2ccccc2)C1. The summed E-state index contributed by atoms with van der Waals surface area (Å²) in [5.74, 6) is -1.94. The van der Waals surface area contributed by atoms with Crippen LogP contribution in [0.15, 0.2) is 47.4 Å². The number of hydrogen-bond acceptors (Lipinski definition) is 7. The lowest BCUT2D eigenvalue weighted by atomic mass is 10.2. The zero-order valence-corrected chi connectivity index (χ0v) is 22.3. The zero-order valence-electron chi connectivity index (χ0n) is 20.7. The predicted octanol–water partition coefficient (Wildman–Crippen LogP) is 2.58. The minimum atomic E-state index is -4.29. The third kappa shape index (κ3) is 6.68. The fraction of sp³-hybridized carbons (Fsp3) is 0.320. The molecule has 0 spiro atoms. The Morgan fingerprint density at radius 1 is 1.21 bits per heavy atom. The third-order valence-corrected chi connectivity index (χ3v) is 8.19. The molecule has 0 radical (unpaired) electrons. The number of ether oxygens (including phenoxy) is 2. The van der Waals surface area contributed by atoms with Crippen molar-refractivity contribution in [3.05, 3.63) is 53.2 Å². The number of morpholine rings is 1. The van der Waals surface area contributed by atoms with E-state index in [0.717, 1.165) is 0 Å². The molecule has 2 heterocycles. The van der Waals surface area contributed by atoms with Gasteiger partial charge in [-0.15, -0.1) is 0 Å². The van der Waals surface area contributed by atoms with Gasteiger partial charge >= 0.3 is 5.97 Å². The van der Waals surface area contributed by atoms with Crippen molar-refractivity contribution in [3.63, 3.8) is 0 Å². The van der Waals surface area contributed by atoms with Crippen LogP contribution in [0.3, 0.4) is 0 Å². The fourth-order valence-electron chi connectivity index (χ4n) is 4.24. The normalized spacial score (nSPS) is 16.2. The van der Waals surface area contributed by atoms with Gasteiger partial charge in [0.1, 0.15) is 29.0 Å². The summed E-state index contributed by atoms with van der Waals surface area (Å²) in [7, 11) is -4.29. The smallest absolute Gasteiger partial charge is 0.303 e. The van der Waals surface area contributed by atoms with Crippen LogP contribution in [0.2, 0.25) is 5.02 Å². The molecule has 208 valence electrons. The van der Waals surface area contributed by atoms with Gasteiger partial charge in [-0.05, 0) is 30.7 Å². The Balaban J connectivity index is 1.63. The summed E-state index contributed by atoms with van der Waals surface area (Å²) in [6.07, 6.45) is -0.741. The van der Waals surface area contributed by atoms with Crippen molar-refractivity contribution in [3.8, 4) is 5.75 Å². The van der Waals surface area contributed by atoms with Crippen LogP contribution in [0.1, 0.15) is 29.8 Å². The number of nitrogens with one attached hydrogen (secondary N) is 2. The van der Waals surface area contributed by atoms with Crippen LogP contribution >= 0.6 is 11.6 Å². The van der Waals surface area contributed by atoms with Gasteiger partial charge < -0.3 is 30.6 Å². The maximum Gasteiger partial charge on any atom is 0.303 e. The number of anilines is 1. The van der Waals surface area contributed by atoms with Crippen molar-refractivity contribution < 1.29 is 37.4 Å². The molecule has 14 heteroatoms. The van der Waals surface area contributed by atoms with Crippen molar-refractivity contribution in [1.82, 2.24) is 9.29 Å². The number of carbonyl (C=O) groups excluding carboxylic acids is 2. The Kier molecular flexibility index (Phi) is 8.75. The molecule has 2 amide bonds. The van der Waals surface area contributed by atoms with Crippen molar-refractivity contribution in [2.24, 2.45) is 5.73 Å². The highest BCUT2D eigenvalue weighted by Crippen LogP contribution is 2.36. The highest BCUT2D eigenvalue weighted by Gasteiger charge is 2.36. The molecule has 4 rings (SSSR count). The fourth-order valence-corrected chi connectivity index (χ4v) is 6.24. The highest BCUT2D eigenvalue weighted by molar-refractivity contribution is 7.89. The van der Waals surface area contributed by atoms with E-state index in [-0.39, 0.29) is 77.8 Å². The van der Waals surface area contributed by atoms with Crippen LogP contribution in [-0.2, 0) is 24.3 Å². The van der Waals surface area contributed by atoms with Crippen molar-refractivity contribution >= 4 is 56.0 Å². The average Bonchev–Trinajstić information content (AvgIpc) is 3.29. The molecule has 1 unspecified atom stereocenters. The second-order valence-corrected chi connectivity index (χ2v) is 11.2. The van der Waals surface area contributed by atoms with E-state index in [1.54, 1.807) is 12.1 Å². The van der Waals surface area contributed by atoms with Crippen LogP contribution < -0.4 is 15.8 Å². The van der Waals surface area contributed by atoms with Gasteiger partial charge in [0.15, 0.2) is 0 Å². The zero-order chi connectivity index (χ0) is 28.2. The number of nitrogens with two attached hydrogens (primary N) is 1. The Morgan fingerprint density at radius 2 is 1.95 bits per heavy atom. The van der Waals surface area contributed by atoms with Gasteiger partial charge in [-0.1, -0.05) is 29.8 Å². The van der Waals surface area contributed by atoms with Crippen LogP contribution in [0.4, 0.5) is 5.69 Å². The Morgan fingerprint density at radius 3 is 2.64 bits per heavy atom. The Bertz CT molecular complexity index is 1490. The number of primary amides is 1. The molecule has 1 aromatic heterocycles. The van der Waals surface area contributed by atoms with Crippen LogP contribution in [0.5, 0.6) is 5.75 Å². The van der Waals surface area contributed by atoms with Crippen molar-refractivity contribution in [2.45, 2.75) is 30.3 Å². The van der Waals surface area contributed by atoms with Gasteiger partial charge in [-0.25, -0.2) is 8.42 Å². The number of aliphatic carboxylic acids is 1. The number of carboxylic acids is 1. The lowest BCUT2D eigenvalue weighted by Gasteiger charge is -2.32. The summed E-state index contributed by atoms with van der Waals surface area (Å²) < 4.78 is 40.4. The number of aromatic nitrogens is 1. The van der Waals surface area contributed by atoms with Gasteiger partial charge in [0.05, 0.1) is 17.8 Å². The molecule has 1 saturated heterocycles. The maximum absolute atomic E-state index is 13.9. The van der Waals surface area contributed by atoms with Gasteiger partial charge in [0.25, 0.3) is 5.91 Å². The molecule has 12 nitrogen and oxygen atoms in total. The first-order valence-corrected chi connectivity index (χ1v) is 13.8. The largest absolute Gasteiger partial charge is 0.491 e. The first-order valence-electron chi connectivity index (χ1n) is 12.0. The summed E-state index contributed by atoms with van der Waals surface area (Å²) in [4.78, 5) is 37.9. The van der Waals surface area contributed by atoms with E-state index in [9.17, 15) is 22.8 Å². The second-order valence-electron chi connectivity index (χ2n) is 8.84. The van der Waals surface area contributed by atoms with E-state index in [1.807, 2.05) is 18.2 Å². The number of para-hydroxylation sites is 1. The number of aromatic amines is 1. The maximum atomic E-state index is 13.9. The van der Waals surface area contributed by atoms with E-state index >= 15 is 0 Å². The molecule has 0 saturated carbocycles. The number of sulfonamides is 1. The minimum Gasteiger partial charge on any atom is -0.491 e. The lowest BCUT2D eigenvalue weighted by molar-refractivity contribution is -0.137. The molecule has 0 bridgehead atoms. The number of nitrogens with zero attached hydrogens (tertiary/aromatic N) is 1. The number of carbonyl (C=O) groups is 3. The molecule has 1 fully saturated rings. The number of H-pyrrole nitrogens is 1. The van der Waals surface area contributed by atoms with Gasteiger partial charge in [0, 0.05) is 36.3 Å². The summed E-state index contributed by atoms with van der Waals surface area (Å²) in [6, 6.07) is 11.8. The molecule has 1 aliphatic rings. The first kappa shape index (κ1) is 28.4. The standard InChI is InChI=1S/C25H27ClN4O8S/c26-15-11-18-22(19(12-15)28-20(31)7-4-8-21(32)33)29-23(25(27)34)24(18)39(35,36)30-9-10-37-17(13-30)14-38-16-5-2-1-3-6-16/h1-3,5-6,11-12,17,29H,4,7-10,13-14H2,(H2,27,34)(H,28,31)(H,32,33). The van der Waals surface area contributed by atoms with Gasteiger partial charge in [-0.2, -0.15) is 4.31 Å². The van der Waals surface area contributed by atoms with E-state index in [1.165, 1.54) is 16.4 Å². The first-order chi connectivity index (χ1) is 18.6. The number of benzene rings is 2. The van der Waals surface area contributed by atoms with E-state index in [0.29, 0.717) is 5.75 Å². The molecule has 1 aliphatic heterocycles. The molecule has 1 atom stereocenters. The lowest BCUT2D eigenvalue weighted by Crippen LogP contribution is -2.47. The highest BCUT2D eigenvalue weighted by atomic mass is 35.5. The van der Waals surface area contributed by atoms with Crippen LogP contribution in [-0.4, -0.2) is 73.0 Å². The van der Waals surface area contributed by atoms with Crippen LogP contribution in [0, 0.1) is 0 Å². The summed E-state index contributed by atoms with van der Waals surface area (Å²) in [6.45, 7) is 0.210. The van der Waals surface area contributed by atoms with Gasteiger partial charge in [0.2, 0.25) is 15.9 Å². The second kappa shape index (κ2) is 12.0. The Labute approximate surface area is 229 Å². The minimum absolute atomic E-state index is 0.0305. The molecule has 0 aliphatic carbocycles. The number of halogens is 1. The quantitative estimate of drug-likeness (QED) is 0.268. The topological polar surface area (TPSA) is 181 Å². The molecular formula is C25H27ClN4O8S. The predicted molar refractivity (Wildman–Crippen MR) is 142 cm³/mol. The number of fused-ring (bicyclic) bond motifs is 1. The summed E-state index contributed by atoms with van der Waals surface area (Å²) in [5.41, 5.74) is 5.45.